The van der Waals surface area contributed by atoms with Crippen molar-refractivity contribution in [1.29, 1.82) is 0 Å². The van der Waals surface area contributed by atoms with Crippen molar-refractivity contribution in [1.82, 2.24) is 14.5 Å². The lowest BCUT2D eigenvalue weighted by Gasteiger charge is -2.26. The van der Waals surface area contributed by atoms with Gasteiger partial charge in [0.2, 0.25) is 0 Å². The summed E-state index contributed by atoms with van der Waals surface area (Å²) in [6.07, 6.45) is 9.17. The van der Waals surface area contributed by atoms with E-state index < -0.39 is 5.97 Å². The second-order valence-electron chi connectivity index (χ2n) is 10.9. The minimum atomic E-state index is -0.943. The van der Waals surface area contributed by atoms with Gasteiger partial charge < -0.3 is 19.3 Å². The fourth-order valence-electron chi connectivity index (χ4n) is 6.10. The number of piperidine rings is 1. The van der Waals surface area contributed by atoms with Gasteiger partial charge in [-0.3, -0.25) is 4.79 Å². The van der Waals surface area contributed by atoms with Crippen molar-refractivity contribution >= 4 is 22.9 Å². The van der Waals surface area contributed by atoms with Crippen molar-refractivity contribution < 1.29 is 19.4 Å². The Morgan fingerprint density at radius 2 is 1.55 bits per heavy atom. The zero-order valence-electron chi connectivity index (χ0n) is 22.7. The summed E-state index contributed by atoms with van der Waals surface area (Å²) >= 11 is 0. The molecule has 7 heteroatoms. The third-order valence-electron chi connectivity index (χ3n) is 8.26. The molecule has 0 spiro atoms. The molecule has 2 fully saturated rings. The normalized spacial score (nSPS) is 16.2. The summed E-state index contributed by atoms with van der Waals surface area (Å²) in [5.74, 6) is 0.664. The molecule has 6 rings (SSSR count). The van der Waals surface area contributed by atoms with E-state index >= 15 is 0 Å². The predicted molar refractivity (Wildman–Crippen MR) is 156 cm³/mol. The van der Waals surface area contributed by atoms with Crippen LogP contribution in [0, 0.1) is 0 Å². The van der Waals surface area contributed by atoms with Crippen LogP contribution >= 0.6 is 0 Å². The molecule has 1 amide bonds. The topological polar surface area (TPSA) is 84.7 Å². The van der Waals surface area contributed by atoms with E-state index in [0.29, 0.717) is 17.3 Å². The zero-order valence-corrected chi connectivity index (χ0v) is 22.7. The van der Waals surface area contributed by atoms with Gasteiger partial charge in [-0.05, 0) is 73.6 Å². The molecule has 1 aromatic heterocycles. The van der Waals surface area contributed by atoms with E-state index in [1.807, 2.05) is 35.2 Å². The van der Waals surface area contributed by atoms with Crippen LogP contribution in [0.1, 0.15) is 67.8 Å². The molecule has 0 radical (unpaired) electrons. The number of fused-ring (bicyclic) bond motifs is 1. The van der Waals surface area contributed by atoms with Gasteiger partial charge in [0.15, 0.2) is 6.61 Å². The summed E-state index contributed by atoms with van der Waals surface area (Å²) in [5.41, 5.74) is 5.02. The van der Waals surface area contributed by atoms with E-state index in [0.717, 1.165) is 66.8 Å². The Morgan fingerprint density at radius 3 is 2.30 bits per heavy atom. The Hall–Kier alpha value is -4.13. The summed E-state index contributed by atoms with van der Waals surface area (Å²) in [4.78, 5) is 30.9. The van der Waals surface area contributed by atoms with Crippen LogP contribution in [0.2, 0.25) is 0 Å². The van der Waals surface area contributed by atoms with Gasteiger partial charge in [0, 0.05) is 24.7 Å². The molecule has 7 nitrogen and oxygen atoms in total. The van der Waals surface area contributed by atoms with E-state index in [1.54, 1.807) is 12.1 Å². The minimum absolute atomic E-state index is 0.0470. The van der Waals surface area contributed by atoms with Crippen molar-refractivity contribution in [2.75, 3.05) is 19.7 Å². The molecule has 40 heavy (non-hydrogen) atoms. The first-order valence-electron chi connectivity index (χ1n) is 14.4. The Balaban J connectivity index is 1.25. The highest BCUT2D eigenvalue weighted by Crippen LogP contribution is 2.37. The van der Waals surface area contributed by atoms with Gasteiger partial charge in [0.1, 0.15) is 11.6 Å². The number of benzene rings is 3. The number of hydrogen-bond donors (Lipinski definition) is 1. The Labute approximate surface area is 234 Å². The first kappa shape index (κ1) is 26.1. The number of rotatable bonds is 7. The second-order valence-corrected chi connectivity index (χ2v) is 10.9. The van der Waals surface area contributed by atoms with Crippen molar-refractivity contribution in [2.24, 2.45) is 0 Å². The molecule has 0 bridgehead atoms. The second kappa shape index (κ2) is 11.5. The molecular weight excluding hydrogens is 502 g/mol. The molecular formula is C33H35N3O4. The van der Waals surface area contributed by atoms with E-state index in [4.69, 9.17) is 9.72 Å². The molecule has 1 aliphatic heterocycles. The van der Waals surface area contributed by atoms with Crippen LogP contribution in [0.3, 0.4) is 0 Å². The van der Waals surface area contributed by atoms with Gasteiger partial charge in [-0.15, -0.1) is 0 Å². The Bertz CT molecular complexity index is 1510. The molecule has 1 saturated carbocycles. The molecule has 0 atom stereocenters. The Kier molecular flexibility index (Phi) is 7.53. The van der Waals surface area contributed by atoms with E-state index in [-0.39, 0.29) is 18.1 Å². The fourth-order valence-corrected chi connectivity index (χ4v) is 6.10. The minimum Gasteiger partial charge on any atom is -0.484 e. The number of aromatic carboxylic acids is 1. The average Bonchev–Trinajstić information content (AvgIpc) is 3.40. The number of imidazole rings is 1. The fraction of sp³-hybridized carbons (Fsp3) is 0.364. The number of carbonyl (C=O) groups is 2. The summed E-state index contributed by atoms with van der Waals surface area (Å²) in [5, 5.41) is 9.50. The monoisotopic (exact) mass is 537 g/mol. The first-order valence-corrected chi connectivity index (χ1v) is 14.4. The van der Waals surface area contributed by atoms with Crippen molar-refractivity contribution in [3.63, 3.8) is 0 Å². The van der Waals surface area contributed by atoms with Crippen molar-refractivity contribution in [3.8, 4) is 28.3 Å². The lowest BCUT2D eigenvalue weighted by atomic mass is 9.94. The summed E-state index contributed by atoms with van der Waals surface area (Å²) in [7, 11) is 0. The van der Waals surface area contributed by atoms with Crippen LogP contribution in [-0.2, 0) is 4.79 Å². The molecule has 4 aromatic rings. The van der Waals surface area contributed by atoms with Crippen LogP contribution in [0.4, 0.5) is 0 Å². The lowest BCUT2D eigenvalue weighted by molar-refractivity contribution is -0.134. The molecule has 0 unspecified atom stereocenters. The zero-order chi connectivity index (χ0) is 27.5. The van der Waals surface area contributed by atoms with E-state index in [9.17, 15) is 14.7 Å². The maximum Gasteiger partial charge on any atom is 0.335 e. The largest absolute Gasteiger partial charge is 0.484 e. The molecule has 1 N–H and O–H groups in total. The first-order chi connectivity index (χ1) is 19.6. The highest BCUT2D eigenvalue weighted by atomic mass is 16.5. The number of aromatic nitrogens is 2. The standard InChI is InChI=1S/C33H35N3O4/c37-31(35-18-5-2-6-19-35)22-40-28-11-7-8-25(20-28)23-12-14-24(15-13-23)32-34-29-21-26(33(38)39)16-17-30(29)36(32)27-9-3-1-4-10-27/h7-8,11-17,20-21,27H,1-6,9-10,18-19,22H2,(H,38,39). The third kappa shape index (κ3) is 5.46. The SMILES string of the molecule is O=C(O)c1ccc2c(c1)nc(-c1ccc(-c3cccc(OCC(=O)N4CCCCC4)c3)cc1)n2C1CCCCC1. The predicted octanol–water partition coefficient (Wildman–Crippen LogP) is 6.97. The smallest absolute Gasteiger partial charge is 0.335 e. The van der Waals surface area contributed by atoms with Crippen LogP contribution < -0.4 is 4.74 Å². The van der Waals surface area contributed by atoms with Gasteiger partial charge in [-0.25, -0.2) is 9.78 Å². The van der Waals surface area contributed by atoms with Crippen LogP contribution in [0.5, 0.6) is 5.75 Å². The van der Waals surface area contributed by atoms with Crippen molar-refractivity contribution in [3.05, 3.63) is 72.3 Å². The molecule has 3 aromatic carbocycles. The molecule has 1 saturated heterocycles. The van der Waals surface area contributed by atoms with Gasteiger partial charge >= 0.3 is 5.97 Å². The average molecular weight is 538 g/mol. The maximum absolute atomic E-state index is 12.5. The van der Waals surface area contributed by atoms with Gasteiger partial charge in [0.25, 0.3) is 5.91 Å². The van der Waals surface area contributed by atoms with Gasteiger partial charge in [-0.1, -0.05) is 55.7 Å². The molecule has 2 heterocycles. The molecule has 2 aliphatic rings. The van der Waals surface area contributed by atoms with E-state index in [2.05, 4.69) is 28.8 Å². The van der Waals surface area contributed by atoms with Gasteiger partial charge in [-0.2, -0.15) is 0 Å². The quantitative estimate of drug-likeness (QED) is 0.275. The number of hydrogen-bond acceptors (Lipinski definition) is 4. The van der Waals surface area contributed by atoms with Crippen LogP contribution in [0.15, 0.2) is 66.7 Å². The van der Waals surface area contributed by atoms with Gasteiger partial charge in [0.05, 0.1) is 16.6 Å². The maximum atomic E-state index is 12.5. The number of ether oxygens (including phenoxy) is 1. The Morgan fingerprint density at radius 1 is 0.825 bits per heavy atom. The number of carboxylic acids is 1. The summed E-state index contributed by atoms with van der Waals surface area (Å²) in [6.45, 7) is 1.71. The molecule has 206 valence electrons. The van der Waals surface area contributed by atoms with Crippen LogP contribution in [-0.4, -0.2) is 51.1 Å². The summed E-state index contributed by atoms with van der Waals surface area (Å²) < 4.78 is 8.20. The van der Waals surface area contributed by atoms with E-state index in [1.165, 1.54) is 25.7 Å². The number of amides is 1. The van der Waals surface area contributed by atoms with Crippen LogP contribution in [0.25, 0.3) is 33.5 Å². The number of nitrogens with zero attached hydrogens (tertiary/aromatic N) is 3. The highest BCUT2D eigenvalue weighted by Gasteiger charge is 2.23. The number of likely N-dealkylation sites (tertiary alicyclic amines) is 1. The van der Waals surface area contributed by atoms with Crippen molar-refractivity contribution in [2.45, 2.75) is 57.4 Å². The summed E-state index contributed by atoms with van der Waals surface area (Å²) in [6, 6.07) is 21.8. The lowest BCUT2D eigenvalue weighted by Crippen LogP contribution is -2.38. The number of carboxylic acid groups (broad SMARTS) is 1. The number of carbonyl (C=O) groups excluding carboxylic acids is 1. The highest BCUT2D eigenvalue weighted by molar-refractivity contribution is 5.93. The third-order valence-corrected chi connectivity index (χ3v) is 8.26. The molecule has 1 aliphatic carbocycles.